The van der Waals surface area contributed by atoms with Crippen LogP contribution in [0.4, 0.5) is 0 Å². The molecule has 1 aliphatic heterocycles. The Kier molecular flexibility index (Phi) is 5.98. The standard InChI is InChI=1S/C6H13N.C4H4N2/c1-2-4-6-7-5-3-1;1-2-5-4-6-3-1/h7H,1-6H2;1-4H. The molecule has 0 aliphatic carbocycles. The Morgan fingerprint density at radius 3 is 1.85 bits per heavy atom. The largest absolute Gasteiger partial charge is 0.317 e. The third kappa shape index (κ3) is 6.22. The van der Waals surface area contributed by atoms with Crippen LogP contribution in [0.3, 0.4) is 0 Å². The lowest BCUT2D eigenvalue weighted by Gasteiger charge is -1.91. The van der Waals surface area contributed by atoms with Crippen molar-refractivity contribution in [1.29, 1.82) is 0 Å². The molecular formula is C10H17N3. The lowest BCUT2D eigenvalue weighted by molar-refractivity contribution is 0.702. The van der Waals surface area contributed by atoms with Crippen LogP contribution < -0.4 is 5.32 Å². The van der Waals surface area contributed by atoms with Crippen LogP contribution in [0.25, 0.3) is 0 Å². The predicted octanol–water partition coefficient (Wildman–Crippen LogP) is 1.63. The molecule has 0 atom stereocenters. The Balaban J connectivity index is 0.000000132. The van der Waals surface area contributed by atoms with Gasteiger partial charge in [-0.2, -0.15) is 0 Å². The molecule has 2 rings (SSSR count). The van der Waals surface area contributed by atoms with E-state index in [1.807, 2.05) is 0 Å². The van der Waals surface area contributed by atoms with Crippen LogP contribution in [0, 0.1) is 0 Å². The first kappa shape index (κ1) is 10.1. The highest BCUT2D eigenvalue weighted by Gasteiger charge is 1.94. The number of nitrogens with one attached hydrogen (secondary N) is 1. The van der Waals surface area contributed by atoms with Crippen molar-refractivity contribution in [1.82, 2.24) is 15.3 Å². The zero-order valence-corrected chi connectivity index (χ0v) is 7.95. The molecule has 1 saturated heterocycles. The van der Waals surface area contributed by atoms with Crippen molar-refractivity contribution in [2.45, 2.75) is 25.7 Å². The average molecular weight is 179 g/mol. The minimum atomic E-state index is 1.25. The molecular weight excluding hydrogens is 162 g/mol. The maximum atomic E-state index is 3.67. The molecule has 3 heteroatoms. The quantitative estimate of drug-likeness (QED) is 0.657. The third-order valence-corrected chi connectivity index (χ3v) is 1.93. The molecule has 13 heavy (non-hydrogen) atoms. The lowest BCUT2D eigenvalue weighted by atomic mass is 10.2. The van der Waals surface area contributed by atoms with Crippen molar-refractivity contribution in [3.05, 3.63) is 24.8 Å². The van der Waals surface area contributed by atoms with E-state index in [-0.39, 0.29) is 0 Å². The molecule has 1 fully saturated rings. The Morgan fingerprint density at radius 2 is 1.46 bits per heavy atom. The van der Waals surface area contributed by atoms with E-state index in [1.165, 1.54) is 45.1 Å². The minimum absolute atomic E-state index is 1.25. The number of aromatic nitrogens is 2. The summed E-state index contributed by atoms with van der Waals surface area (Å²) in [5.74, 6) is 0. The fourth-order valence-corrected chi connectivity index (χ4v) is 1.23. The van der Waals surface area contributed by atoms with Gasteiger partial charge in [-0.1, -0.05) is 12.8 Å². The molecule has 0 saturated carbocycles. The van der Waals surface area contributed by atoms with Gasteiger partial charge in [0.1, 0.15) is 6.33 Å². The first-order valence-electron chi connectivity index (χ1n) is 4.91. The van der Waals surface area contributed by atoms with E-state index < -0.39 is 0 Å². The number of nitrogens with zero attached hydrogens (tertiary/aromatic N) is 2. The highest BCUT2D eigenvalue weighted by Crippen LogP contribution is 2.00. The lowest BCUT2D eigenvalue weighted by Crippen LogP contribution is -2.12. The summed E-state index contributed by atoms with van der Waals surface area (Å²) in [4.78, 5) is 7.35. The smallest absolute Gasteiger partial charge is 0.115 e. The van der Waals surface area contributed by atoms with Crippen molar-refractivity contribution in [3.63, 3.8) is 0 Å². The maximum absolute atomic E-state index is 3.67. The SMILES string of the molecule is C1CCCNCC1.c1cncnc1. The summed E-state index contributed by atoms with van der Waals surface area (Å²) in [6, 6.07) is 1.78. The van der Waals surface area contributed by atoms with Gasteiger partial charge in [0.25, 0.3) is 0 Å². The molecule has 0 amide bonds. The molecule has 0 aromatic carbocycles. The highest BCUT2D eigenvalue weighted by atomic mass is 14.8. The van der Waals surface area contributed by atoms with E-state index in [9.17, 15) is 0 Å². The first-order chi connectivity index (χ1) is 6.50. The molecule has 0 unspecified atom stereocenters. The van der Waals surface area contributed by atoms with Gasteiger partial charge >= 0.3 is 0 Å². The van der Waals surface area contributed by atoms with Crippen LogP contribution in [0.2, 0.25) is 0 Å². The zero-order chi connectivity index (χ0) is 9.19. The van der Waals surface area contributed by atoms with E-state index in [0.29, 0.717) is 0 Å². The summed E-state index contributed by atoms with van der Waals surface area (Å²) in [6.45, 7) is 2.50. The Bertz CT molecular complexity index is 142. The van der Waals surface area contributed by atoms with Gasteiger partial charge in [-0.25, -0.2) is 9.97 Å². The molecule has 1 N–H and O–H groups in total. The molecule has 72 valence electrons. The summed E-state index contributed by atoms with van der Waals surface area (Å²) >= 11 is 0. The second-order valence-electron chi connectivity index (χ2n) is 3.07. The van der Waals surface area contributed by atoms with E-state index in [2.05, 4.69) is 15.3 Å². The van der Waals surface area contributed by atoms with Gasteiger partial charge < -0.3 is 5.32 Å². The molecule has 0 radical (unpaired) electrons. The number of hydrogen-bond donors (Lipinski definition) is 1. The monoisotopic (exact) mass is 179 g/mol. The maximum Gasteiger partial charge on any atom is 0.115 e. The van der Waals surface area contributed by atoms with Gasteiger partial charge in [0.05, 0.1) is 0 Å². The van der Waals surface area contributed by atoms with E-state index in [0.717, 1.165) is 0 Å². The summed E-state index contributed by atoms with van der Waals surface area (Å²) < 4.78 is 0. The van der Waals surface area contributed by atoms with Gasteiger partial charge in [-0.15, -0.1) is 0 Å². The summed E-state index contributed by atoms with van der Waals surface area (Å²) in [5.41, 5.74) is 0. The molecule has 1 aliphatic rings. The normalized spacial score (nSPS) is 16.6. The Hall–Kier alpha value is -0.960. The second kappa shape index (κ2) is 7.68. The van der Waals surface area contributed by atoms with E-state index in [4.69, 9.17) is 0 Å². The van der Waals surface area contributed by atoms with Crippen molar-refractivity contribution in [2.75, 3.05) is 13.1 Å². The molecule has 0 spiro atoms. The van der Waals surface area contributed by atoms with Gasteiger partial charge in [0.15, 0.2) is 0 Å². The molecule has 2 heterocycles. The summed E-state index contributed by atoms with van der Waals surface area (Å²) in [5, 5.41) is 3.35. The summed E-state index contributed by atoms with van der Waals surface area (Å²) in [6.07, 6.45) is 10.5. The highest BCUT2D eigenvalue weighted by molar-refractivity contribution is 4.74. The fraction of sp³-hybridized carbons (Fsp3) is 0.600. The fourth-order valence-electron chi connectivity index (χ4n) is 1.23. The Labute approximate surface area is 79.6 Å². The van der Waals surface area contributed by atoms with Crippen molar-refractivity contribution in [2.24, 2.45) is 0 Å². The van der Waals surface area contributed by atoms with Gasteiger partial charge in [-0.3, -0.25) is 0 Å². The van der Waals surface area contributed by atoms with E-state index in [1.54, 1.807) is 18.5 Å². The Morgan fingerprint density at radius 1 is 0.846 bits per heavy atom. The second-order valence-corrected chi connectivity index (χ2v) is 3.07. The predicted molar refractivity (Wildman–Crippen MR) is 53.4 cm³/mol. The molecule has 0 bridgehead atoms. The average Bonchev–Trinajstić information content (AvgIpc) is 2.53. The van der Waals surface area contributed by atoms with Crippen LogP contribution in [0.1, 0.15) is 25.7 Å². The zero-order valence-electron chi connectivity index (χ0n) is 7.95. The van der Waals surface area contributed by atoms with Gasteiger partial charge in [-0.05, 0) is 32.0 Å². The minimum Gasteiger partial charge on any atom is -0.317 e. The van der Waals surface area contributed by atoms with E-state index >= 15 is 0 Å². The van der Waals surface area contributed by atoms with Crippen LogP contribution in [-0.2, 0) is 0 Å². The molecule has 1 aromatic rings. The summed E-state index contributed by atoms with van der Waals surface area (Å²) in [7, 11) is 0. The van der Waals surface area contributed by atoms with Crippen LogP contribution in [0.5, 0.6) is 0 Å². The third-order valence-electron chi connectivity index (χ3n) is 1.93. The molecule has 1 aromatic heterocycles. The van der Waals surface area contributed by atoms with Gasteiger partial charge in [0, 0.05) is 12.4 Å². The number of rotatable bonds is 0. The van der Waals surface area contributed by atoms with Crippen molar-refractivity contribution < 1.29 is 0 Å². The van der Waals surface area contributed by atoms with Crippen molar-refractivity contribution >= 4 is 0 Å². The van der Waals surface area contributed by atoms with Crippen LogP contribution >= 0.6 is 0 Å². The van der Waals surface area contributed by atoms with Gasteiger partial charge in [0.2, 0.25) is 0 Å². The number of hydrogen-bond acceptors (Lipinski definition) is 3. The molecule has 3 nitrogen and oxygen atoms in total. The van der Waals surface area contributed by atoms with Crippen molar-refractivity contribution in [3.8, 4) is 0 Å². The topological polar surface area (TPSA) is 37.8 Å². The van der Waals surface area contributed by atoms with Crippen LogP contribution in [-0.4, -0.2) is 23.1 Å². The van der Waals surface area contributed by atoms with Crippen LogP contribution in [0.15, 0.2) is 24.8 Å². The first-order valence-corrected chi connectivity index (χ1v) is 4.91.